The fourth-order valence-electron chi connectivity index (χ4n) is 1.31. The molecule has 1 aromatic heterocycles. The molecule has 0 aliphatic rings. The summed E-state index contributed by atoms with van der Waals surface area (Å²) in [6.07, 6.45) is 1.07. The van der Waals surface area contributed by atoms with Gasteiger partial charge >= 0.3 is 5.97 Å². The number of carbonyl (C=O) groups is 1. The lowest BCUT2D eigenvalue weighted by Crippen LogP contribution is -2.10. The lowest BCUT2D eigenvalue weighted by Gasteiger charge is -2.04. The Labute approximate surface area is 102 Å². The van der Waals surface area contributed by atoms with Crippen LogP contribution >= 0.6 is 0 Å². The number of carbonyl (C=O) groups excluding carboxylic acids is 1. The number of nitrogens with one attached hydrogen (secondary N) is 2. The number of hydrogen-bond donors (Lipinski definition) is 2. The first-order chi connectivity index (χ1) is 8.69. The van der Waals surface area contributed by atoms with E-state index in [1.165, 1.54) is 7.11 Å². The molecule has 0 unspecified atom stereocenters. The second kappa shape index (κ2) is 5.09. The molecule has 0 saturated heterocycles. The number of H-pyrrole nitrogens is 1. The van der Waals surface area contributed by atoms with Crippen LogP contribution in [0.4, 0.5) is 11.6 Å². The van der Waals surface area contributed by atoms with Gasteiger partial charge in [-0.1, -0.05) is 0 Å². The van der Waals surface area contributed by atoms with Crippen molar-refractivity contribution in [3.63, 3.8) is 0 Å². The standard InChI is InChI=1S/C11H10N4O3/c1-18-10(17)7-2-4-8(5-3-7)13-11-14-9(16)6-12-15-11/h2-6H,1H3,(H2,13,14,15,16). The summed E-state index contributed by atoms with van der Waals surface area (Å²) in [5.41, 5.74) is 0.758. The molecule has 1 aromatic carbocycles. The van der Waals surface area contributed by atoms with Gasteiger partial charge in [0.25, 0.3) is 5.56 Å². The third-order valence-electron chi connectivity index (χ3n) is 2.14. The quantitative estimate of drug-likeness (QED) is 0.773. The van der Waals surface area contributed by atoms with Crippen LogP contribution in [-0.4, -0.2) is 28.3 Å². The average molecular weight is 246 g/mol. The number of hydrogen-bond acceptors (Lipinski definition) is 6. The number of aromatic nitrogens is 3. The highest BCUT2D eigenvalue weighted by molar-refractivity contribution is 5.89. The lowest BCUT2D eigenvalue weighted by molar-refractivity contribution is 0.0601. The van der Waals surface area contributed by atoms with Crippen molar-refractivity contribution in [1.82, 2.24) is 15.2 Å². The Morgan fingerprint density at radius 2 is 2.06 bits per heavy atom. The Morgan fingerprint density at radius 3 is 2.67 bits per heavy atom. The van der Waals surface area contributed by atoms with Crippen LogP contribution in [-0.2, 0) is 4.74 Å². The maximum Gasteiger partial charge on any atom is 0.337 e. The zero-order chi connectivity index (χ0) is 13.0. The maximum absolute atomic E-state index is 11.2. The van der Waals surface area contributed by atoms with Crippen LogP contribution in [0, 0.1) is 0 Å². The number of anilines is 2. The molecule has 0 aliphatic heterocycles. The molecule has 0 atom stereocenters. The van der Waals surface area contributed by atoms with Crippen LogP contribution in [0.15, 0.2) is 35.3 Å². The smallest absolute Gasteiger partial charge is 0.337 e. The largest absolute Gasteiger partial charge is 0.465 e. The highest BCUT2D eigenvalue weighted by atomic mass is 16.5. The maximum atomic E-state index is 11.2. The van der Waals surface area contributed by atoms with Crippen molar-refractivity contribution in [1.29, 1.82) is 0 Å². The normalized spacial score (nSPS) is 9.83. The summed E-state index contributed by atoms with van der Waals surface area (Å²) in [6.45, 7) is 0. The summed E-state index contributed by atoms with van der Waals surface area (Å²) >= 11 is 0. The summed E-state index contributed by atoms with van der Waals surface area (Å²) in [6, 6.07) is 6.53. The summed E-state index contributed by atoms with van der Waals surface area (Å²) in [5, 5.41) is 10.1. The van der Waals surface area contributed by atoms with Crippen molar-refractivity contribution >= 4 is 17.6 Å². The third-order valence-corrected chi connectivity index (χ3v) is 2.14. The summed E-state index contributed by atoms with van der Waals surface area (Å²) < 4.78 is 4.58. The molecule has 0 amide bonds. The molecule has 2 N–H and O–H groups in total. The van der Waals surface area contributed by atoms with Gasteiger partial charge in [-0.15, -0.1) is 10.2 Å². The number of esters is 1. The van der Waals surface area contributed by atoms with Gasteiger partial charge < -0.3 is 10.1 Å². The van der Waals surface area contributed by atoms with Crippen molar-refractivity contribution in [2.45, 2.75) is 0 Å². The van der Waals surface area contributed by atoms with Gasteiger partial charge in [0.1, 0.15) is 6.20 Å². The minimum Gasteiger partial charge on any atom is -0.465 e. The molecule has 0 radical (unpaired) electrons. The predicted molar refractivity (Wildman–Crippen MR) is 63.7 cm³/mol. The second-order valence-corrected chi connectivity index (χ2v) is 3.38. The minimum absolute atomic E-state index is 0.230. The van der Waals surface area contributed by atoms with Gasteiger partial charge in [-0.25, -0.2) is 4.79 Å². The Kier molecular flexibility index (Phi) is 3.33. The second-order valence-electron chi connectivity index (χ2n) is 3.38. The van der Waals surface area contributed by atoms with Crippen LogP contribution in [0.3, 0.4) is 0 Å². The van der Waals surface area contributed by atoms with Crippen LogP contribution in [0.25, 0.3) is 0 Å². The predicted octanol–water partition coefficient (Wildman–Crippen LogP) is 0.695. The first kappa shape index (κ1) is 11.8. The molecule has 92 valence electrons. The molecule has 2 rings (SSSR count). The molecular weight excluding hydrogens is 236 g/mol. The molecular formula is C11H10N4O3. The third kappa shape index (κ3) is 2.70. The molecule has 0 aliphatic carbocycles. The monoisotopic (exact) mass is 246 g/mol. The van der Waals surface area contributed by atoms with Gasteiger partial charge in [-0.05, 0) is 24.3 Å². The van der Waals surface area contributed by atoms with E-state index in [4.69, 9.17) is 0 Å². The Morgan fingerprint density at radius 1 is 1.33 bits per heavy atom. The van der Waals surface area contributed by atoms with Gasteiger partial charge in [0.15, 0.2) is 0 Å². The molecule has 7 nitrogen and oxygen atoms in total. The van der Waals surface area contributed by atoms with E-state index in [0.717, 1.165) is 6.20 Å². The van der Waals surface area contributed by atoms with E-state index in [1.54, 1.807) is 24.3 Å². The summed E-state index contributed by atoms with van der Waals surface area (Å²) in [7, 11) is 1.32. The molecule has 0 fully saturated rings. The zero-order valence-electron chi connectivity index (χ0n) is 9.51. The average Bonchev–Trinajstić information content (AvgIpc) is 2.39. The molecule has 0 saturated carbocycles. The minimum atomic E-state index is -0.408. The van der Waals surface area contributed by atoms with Crippen LogP contribution < -0.4 is 10.9 Å². The molecule has 0 bridgehead atoms. The van der Waals surface area contributed by atoms with Crippen molar-refractivity contribution in [3.05, 3.63) is 46.4 Å². The van der Waals surface area contributed by atoms with Crippen molar-refractivity contribution in [2.75, 3.05) is 12.4 Å². The molecule has 18 heavy (non-hydrogen) atoms. The Balaban J connectivity index is 2.16. The SMILES string of the molecule is COC(=O)c1ccc(Nc2nncc(=O)[nH]2)cc1. The van der Waals surface area contributed by atoms with Gasteiger partial charge in [-0.2, -0.15) is 0 Å². The number of rotatable bonds is 3. The van der Waals surface area contributed by atoms with Crippen LogP contribution in [0.1, 0.15) is 10.4 Å². The number of aromatic amines is 1. The lowest BCUT2D eigenvalue weighted by atomic mass is 10.2. The first-order valence-corrected chi connectivity index (χ1v) is 5.06. The van der Waals surface area contributed by atoms with E-state index in [1.807, 2.05) is 0 Å². The number of nitrogens with zero attached hydrogens (tertiary/aromatic N) is 2. The highest BCUT2D eigenvalue weighted by Gasteiger charge is 2.04. The van der Waals surface area contributed by atoms with Crippen LogP contribution in [0.5, 0.6) is 0 Å². The van der Waals surface area contributed by atoms with Gasteiger partial charge in [0.2, 0.25) is 5.95 Å². The van der Waals surface area contributed by atoms with Gasteiger partial charge in [-0.3, -0.25) is 9.78 Å². The van der Waals surface area contributed by atoms with E-state index in [9.17, 15) is 9.59 Å². The van der Waals surface area contributed by atoms with Gasteiger partial charge in [0.05, 0.1) is 12.7 Å². The Hall–Kier alpha value is -2.70. The highest BCUT2D eigenvalue weighted by Crippen LogP contribution is 2.13. The fourth-order valence-corrected chi connectivity index (χ4v) is 1.31. The zero-order valence-corrected chi connectivity index (χ0v) is 9.51. The van der Waals surface area contributed by atoms with Crippen molar-refractivity contribution in [2.24, 2.45) is 0 Å². The van der Waals surface area contributed by atoms with E-state index in [0.29, 0.717) is 11.3 Å². The van der Waals surface area contributed by atoms with Crippen LogP contribution in [0.2, 0.25) is 0 Å². The number of benzene rings is 1. The fraction of sp³-hybridized carbons (Fsp3) is 0.0909. The van der Waals surface area contributed by atoms with Gasteiger partial charge in [0, 0.05) is 5.69 Å². The Bertz CT molecular complexity index is 606. The first-order valence-electron chi connectivity index (χ1n) is 5.06. The molecule has 1 heterocycles. The van der Waals surface area contributed by atoms with E-state index >= 15 is 0 Å². The number of ether oxygens (including phenoxy) is 1. The number of methoxy groups -OCH3 is 1. The topological polar surface area (TPSA) is 97.0 Å². The van der Waals surface area contributed by atoms with E-state index in [-0.39, 0.29) is 11.5 Å². The molecule has 2 aromatic rings. The van der Waals surface area contributed by atoms with Crippen molar-refractivity contribution < 1.29 is 9.53 Å². The van der Waals surface area contributed by atoms with E-state index in [2.05, 4.69) is 25.2 Å². The molecule has 0 spiro atoms. The summed E-state index contributed by atoms with van der Waals surface area (Å²) in [5.74, 6) is -0.178. The summed E-state index contributed by atoms with van der Waals surface area (Å²) in [4.78, 5) is 24.7. The molecule has 7 heteroatoms. The van der Waals surface area contributed by atoms with E-state index < -0.39 is 5.97 Å². The van der Waals surface area contributed by atoms with Crippen molar-refractivity contribution in [3.8, 4) is 0 Å².